The second-order valence-electron chi connectivity index (χ2n) is 5.08. The van der Waals surface area contributed by atoms with E-state index < -0.39 is 0 Å². The zero-order chi connectivity index (χ0) is 13.7. The number of benzene rings is 1. The Bertz CT molecular complexity index is 417. The monoisotopic (exact) mass is 287 g/mol. The maximum atomic E-state index is 11.9. The summed E-state index contributed by atoms with van der Waals surface area (Å²) >= 11 is 0. The van der Waals surface area contributed by atoms with Crippen LogP contribution in [0.3, 0.4) is 0 Å². The van der Waals surface area contributed by atoms with E-state index in [9.17, 15) is 4.79 Å². The van der Waals surface area contributed by atoms with Gasteiger partial charge in [0.15, 0.2) is 6.23 Å². The number of rotatable bonds is 5. The first-order chi connectivity index (χ1) is 9.15. The van der Waals surface area contributed by atoms with Crippen molar-refractivity contribution in [1.82, 2.24) is 5.32 Å². The Kier molecular flexibility index (Phi) is 7.77. The van der Waals surface area contributed by atoms with Crippen LogP contribution in [0.1, 0.15) is 38.5 Å². The van der Waals surface area contributed by atoms with Gasteiger partial charge in [-0.1, -0.05) is 18.2 Å². The van der Waals surface area contributed by atoms with E-state index in [1.807, 2.05) is 32.0 Å². The summed E-state index contributed by atoms with van der Waals surface area (Å²) in [4.78, 5) is 11.9. The summed E-state index contributed by atoms with van der Waals surface area (Å²) in [6, 6.07) is 9.34. The molecule has 106 valence electrons. The number of ether oxygens (including phenoxy) is 2. The number of hydrogen-bond donors (Lipinski definition) is 1. The standard InChI is InChI=1S/C15H21NO3.Na.H/c1-11(2)18-10-13-8-9-14(16-13)19-15(17)12-6-4-3-5-7-12;;/h3-7,11,13-14,16H,8-10H2,1-2H3;;/q;+1;-1. The normalized spacial score (nSPS) is 21.6. The van der Waals surface area contributed by atoms with Crippen molar-refractivity contribution in [2.75, 3.05) is 6.61 Å². The second-order valence-corrected chi connectivity index (χ2v) is 5.08. The summed E-state index contributed by atoms with van der Waals surface area (Å²) in [5.41, 5.74) is 0.589. The molecule has 20 heavy (non-hydrogen) atoms. The zero-order valence-electron chi connectivity index (χ0n) is 13.5. The average molecular weight is 287 g/mol. The summed E-state index contributed by atoms with van der Waals surface area (Å²) < 4.78 is 11.0. The number of hydrogen-bond acceptors (Lipinski definition) is 4. The molecule has 0 radical (unpaired) electrons. The van der Waals surface area contributed by atoms with Crippen LogP contribution in [0.4, 0.5) is 0 Å². The van der Waals surface area contributed by atoms with E-state index in [4.69, 9.17) is 9.47 Å². The molecule has 1 N–H and O–H groups in total. The van der Waals surface area contributed by atoms with Crippen LogP contribution in [0.15, 0.2) is 30.3 Å². The molecule has 1 heterocycles. The van der Waals surface area contributed by atoms with Crippen LogP contribution in [0.5, 0.6) is 0 Å². The van der Waals surface area contributed by atoms with Gasteiger partial charge < -0.3 is 10.9 Å². The Morgan fingerprint density at radius 1 is 1.35 bits per heavy atom. The van der Waals surface area contributed by atoms with Gasteiger partial charge in [-0.05, 0) is 38.8 Å². The first-order valence-corrected chi connectivity index (χ1v) is 6.79. The van der Waals surface area contributed by atoms with Crippen molar-refractivity contribution in [2.24, 2.45) is 0 Å². The Balaban J connectivity index is 0.00000200. The Labute approximate surface area is 144 Å². The van der Waals surface area contributed by atoms with Crippen LogP contribution in [-0.2, 0) is 9.47 Å². The van der Waals surface area contributed by atoms with Crippen molar-refractivity contribution >= 4 is 5.97 Å². The van der Waals surface area contributed by atoms with Gasteiger partial charge in [-0.25, -0.2) is 4.79 Å². The molecule has 0 bridgehead atoms. The van der Waals surface area contributed by atoms with Crippen LogP contribution in [0, 0.1) is 0 Å². The molecule has 1 aromatic carbocycles. The van der Waals surface area contributed by atoms with Gasteiger partial charge in [0, 0.05) is 6.04 Å². The molecule has 0 spiro atoms. The van der Waals surface area contributed by atoms with Gasteiger partial charge in [0.25, 0.3) is 0 Å². The van der Waals surface area contributed by atoms with Crippen molar-refractivity contribution in [3.05, 3.63) is 35.9 Å². The number of esters is 1. The Morgan fingerprint density at radius 2 is 2.05 bits per heavy atom. The molecular formula is C15H22NNaO3. The first kappa shape index (κ1) is 17.7. The van der Waals surface area contributed by atoms with Crippen LogP contribution in [0.2, 0.25) is 0 Å². The molecular weight excluding hydrogens is 265 g/mol. The molecule has 2 rings (SSSR count). The van der Waals surface area contributed by atoms with E-state index in [0.717, 1.165) is 12.8 Å². The van der Waals surface area contributed by atoms with E-state index >= 15 is 0 Å². The van der Waals surface area contributed by atoms with E-state index in [1.165, 1.54) is 0 Å². The fourth-order valence-electron chi connectivity index (χ4n) is 2.09. The van der Waals surface area contributed by atoms with Crippen molar-refractivity contribution < 1.29 is 45.3 Å². The maximum Gasteiger partial charge on any atom is 1.00 e. The maximum absolute atomic E-state index is 11.9. The predicted molar refractivity (Wildman–Crippen MR) is 74.0 cm³/mol. The van der Waals surface area contributed by atoms with Crippen LogP contribution < -0.4 is 34.9 Å². The fraction of sp³-hybridized carbons (Fsp3) is 0.533. The second kappa shape index (κ2) is 8.80. The Morgan fingerprint density at radius 3 is 2.70 bits per heavy atom. The fourth-order valence-corrected chi connectivity index (χ4v) is 2.09. The third-order valence-electron chi connectivity index (χ3n) is 3.09. The van der Waals surface area contributed by atoms with Gasteiger partial charge in [-0.15, -0.1) is 0 Å². The molecule has 1 aliphatic heterocycles. The van der Waals surface area contributed by atoms with E-state index in [2.05, 4.69) is 5.32 Å². The topological polar surface area (TPSA) is 47.6 Å². The molecule has 1 saturated heterocycles. The van der Waals surface area contributed by atoms with E-state index in [0.29, 0.717) is 12.2 Å². The summed E-state index contributed by atoms with van der Waals surface area (Å²) in [6.45, 7) is 4.70. The molecule has 4 nitrogen and oxygen atoms in total. The van der Waals surface area contributed by atoms with Gasteiger partial charge in [0.1, 0.15) is 0 Å². The molecule has 2 unspecified atom stereocenters. The van der Waals surface area contributed by atoms with Crippen LogP contribution in [-0.4, -0.2) is 30.9 Å². The number of carbonyl (C=O) groups excluding carboxylic acids is 1. The van der Waals surface area contributed by atoms with E-state index in [-0.39, 0.29) is 55.3 Å². The molecule has 0 amide bonds. The van der Waals surface area contributed by atoms with E-state index in [1.54, 1.807) is 12.1 Å². The van der Waals surface area contributed by atoms with Crippen LogP contribution in [0.25, 0.3) is 0 Å². The molecule has 1 aliphatic rings. The van der Waals surface area contributed by atoms with Gasteiger partial charge in [0.2, 0.25) is 0 Å². The summed E-state index contributed by atoms with van der Waals surface area (Å²) in [5, 5.41) is 3.28. The van der Waals surface area contributed by atoms with Crippen molar-refractivity contribution in [3.63, 3.8) is 0 Å². The van der Waals surface area contributed by atoms with Gasteiger partial charge in [-0.3, -0.25) is 5.32 Å². The largest absolute Gasteiger partial charge is 1.00 e. The minimum absolute atomic E-state index is 0. The first-order valence-electron chi connectivity index (χ1n) is 6.79. The number of nitrogens with one attached hydrogen (secondary N) is 1. The summed E-state index contributed by atoms with van der Waals surface area (Å²) in [6.07, 6.45) is 1.84. The van der Waals surface area contributed by atoms with Crippen LogP contribution >= 0.6 is 0 Å². The minimum Gasteiger partial charge on any atom is -1.00 e. The van der Waals surface area contributed by atoms with Crippen molar-refractivity contribution in [1.29, 1.82) is 0 Å². The molecule has 0 aliphatic carbocycles. The third kappa shape index (κ3) is 5.54. The SMILES string of the molecule is CC(C)OCC1CCC(OC(=O)c2ccccc2)N1.[H-].[Na+]. The van der Waals surface area contributed by atoms with Gasteiger partial charge in [-0.2, -0.15) is 0 Å². The Hall–Kier alpha value is -0.390. The van der Waals surface area contributed by atoms with Crippen molar-refractivity contribution in [2.45, 2.75) is 45.1 Å². The van der Waals surface area contributed by atoms with Crippen molar-refractivity contribution in [3.8, 4) is 0 Å². The smallest absolute Gasteiger partial charge is 1.00 e. The summed E-state index contributed by atoms with van der Waals surface area (Å²) in [5.74, 6) is -0.275. The molecule has 2 atom stereocenters. The predicted octanol–water partition coefficient (Wildman–Crippen LogP) is -0.537. The molecule has 1 aromatic rings. The molecule has 1 fully saturated rings. The average Bonchev–Trinajstić information content (AvgIpc) is 2.85. The quantitative estimate of drug-likeness (QED) is 0.584. The third-order valence-corrected chi connectivity index (χ3v) is 3.09. The van der Waals surface area contributed by atoms with Gasteiger partial charge in [0.05, 0.1) is 18.3 Å². The number of carbonyl (C=O) groups is 1. The minimum atomic E-state index is -0.275. The molecule has 0 aromatic heterocycles. The molecule has 0 saturated carbocycles. The molecule has 5 heteroatoms. The van der Waals surface area contributed by atoms with Gasteiger partial charge >= 0.3 is 35.5 Å². The summed E-state index contributed by atoms with van der Waals surface area (Å²) in [7, 11) is 0. The zero-order valence-corrected chi connectivity index (χ0v) is 14.5.